The fourth-order valence-electron chi connectivity index (χ4n) is 2.82. The number of carbonyl (C=O) groups is 2. The maximum absolute atomic E-state index is 13.3. The normalized spacial score (nSPS) is 11.3. The van der Waals surface area contributed by atoms with Crippen molar-refractivity contribution >= 4 is 33.8 Å². The zero-order chi connectivity index (χ0) is 24.0. The number of hydrogen-bond donors (Lipinski definition) is 2. The number of aromatic carboxylic acids is 1. The summed E-state index contributed by atoms with van der Waals surface area (Å²) in [6.07, 6.45) is 1.30. The number of carboxylic acid groups (broad SMARTS) is 1. The van der Waals surface area contributed by atoms with Gasteiger partial charge in [-0.2, -0.15) is 5.10 Å². The lowest BCUT2D eigenvalue weighted by Crippen LogP contribution is -2.39. The molecule has 0 aliphatic rings. The minimum Gasteiger partial charge on any atom is -0.478 e. The van der Waals surface area contributed by atoms with Crippen molar-refractivity contribution in [2.24, 2.45) is 5.10 Å². The molecule has 3 aromatic carbocycles. The summed E-state index contributed by atoms with van der Waals surface area (Å²) < 4.78 is 40.6. The zero-order valence-electron chi connectivity index (χ0n) is 17.5. The summed E-state index contributed by atoms with van der Waals surface area (Å²) in [6.45, 7) is 1.27. The van der Waals surface area contributed by atoms with Gasteiger partial charge in [-0.05, 0) is 61.0 Å². The van der Waals surface area contributed by atoms with Crippen molar-refractivity contribution in [3.63, 3.8) is 0 Å². The van der Waals surface area contributed by atoms with Crippen LogP contribution in [0.5, 0.6) is 0 Å². The second-order valence-corrected chi connectivity index (χ2v) is 8.88. The van der Waals surface area contributed by atoms with Gasteiger partial charge >= 0.3 is 5.97 Å². The minimum absolute atomic E-state index is 0.107. The number of hydrazone groups is 1. The molecule has 2 N–H and O–H groups in total. The molecule has 0 saturated carbocycles. The van der Waals surface area contributed by atoms with Crippen molar-refractivity contribution in [3.05, 3.63) is 95.3 Å². The highest BCUT2D eigenvalue weighted by molar-refractivity contribution is 7.92. The Morgan fingerprint density at radius 3 is 2.18 bits per heavy atom. The molecular formula is C23H20FN3O5S. The summed E-state index contributed by atoms with van der Waals surface area (Å²) in [7, 11) is -4.17. The average molecular weight is 469 g/mol. The summed E-state index contributed by atoms with van der Waals surface area (Å²) in [6, 6.07) is 16.7. The third-order valence-corrected chi connectivity index (χ3v) is 6.36. The molecule has 0 unspecified atom stereocenters. The summed E-state index contributed by atoms with van der Waals surface area (Å²) in [5, 5.41) is 12.7. The molecule has 8 nitrogen and oxygen atoms in total. The van der Waals surface area contributed by atoms with Crippen molar-refractivity contribution in [2.75, 3.05) is 10.8 Å². The molecule has 170 valence electrons. The lowest BCUT2D eigenvalue weighted by molar-refractivity contribution is -0.119. The van der Waals surface area contributed by atoms with Gasteiger partial charge in [-0.1, -0.05) is 29.8 Å². The molecule has 3 aromatic rings. The smallest absolute Gasteiger partial charge is 0.335 e. The molecule has 0 fully saturated rings. The van der Waals surface area contributed by atoms with Crippen molar-refractivity contribution in [1.29, 1.82) is 0 Å². The predicted octanol–water partition coefficient (Wildman–Crippen LogP) is 3.18. The maximum Gasteiger partial charge on any atom is 0.335 e. The van der Waals surface area contributed by atoms with E-state index in [2.05, 4.69) is 10.5 Å². The van der Waals surface area contributed by atoms with E-state index in [9.17, 15) is 22.4 Å². The lowest BCUT2D eigenvalue weighted by Gasteiger charge is -2.23. The third-order valence-electron chi connectivity index (χ3n) is 4.57. The summed E-state index contributed by atoms with van der Waals surface area (Å²) in [4.78, 5) is 23.2. The molecule has 0 atom stereocenters. The van der Waals surface area contributed by atoms with E-state index in [-0.39, 0.29) is 16.1 Å². The second-order valence-electron chi connectivity index (χ2n) is 7.02. The van der Waals surface area contributed by atoms with Crippen LogP contribution in [-0.2, 0) is 14.8 Å². The molecule has 10 heteroatoms. The number of rotatable bonds is 8. The highest BCUT2D eigenvalue weighted by Crippen LogP contribution is 2.24. The lowest BCUT2D eigenvalue weighted by atomic mass is 10.1. The van der Waals surface area contributed by atoms with Gasteiger partial charge in [0.1, 0.15) is 12.4 Å². The van der Waals surface area contributed by atoms with E-state index in [1.165, 1.54) is 30.5 Å². The minimum atomic E-state index is -4.17. The Kier molecular flexibility index (Phi) is 7.19. The molecule has 0 heterocycles. The van der Waals surface area contributed by atoms with Gasteiger partial charge in [-0.15, -0.1) is 0 Å². The highest BCUT2D eigenvalue weighted by atomic mass is 32.2. The highest BCUT2D eigenvalue weighted by Gasteiger charge is 2.27. The number of hydrogen-bond acceptors (Lipinski definition) is 5. The van der Waals surface area contributed by atoms with E-state index >= 15 is 0 Å². The molecule has 0 bridgehead atoms. The summed E-state index contributed by atoms with van der Waals surface area (Å²) in [5.74, 6) is -2.36. The Morgan fingerprint density at radius 1 is 1.00 bits per heavy atom. The van der Waals surface area contributed by atoms with Gasteiger partial charge in [-0.3, -0.25) is 9.10 Å². The molecule has 0 aromatic heterocycles. The predicted molar refractivity (Wildman–Crippen MR) is 121 cm³/mol. The van der Waals surface area contributed by atoms with Crippen LogP contribution in [0.2, 0.25) is 0 Å². The Bertz CT molecular complexity index is 1270. The first-order valence-electron chi connectivity index (χ1n) is 9.67. The van der Waals surface area contributed by atoms with Crippen LogP contribution in [0.25, 0.3) is 0 Å². The van der Waals surface area contributed by atoms with Crippen LogP contribution in [0.15, 0.2) is 82.8 Å². The molecule has 33 heavy (non-hydrogen) atoms. The van der Waals surface area contributed by atoms with Crippen LogP contribution < -0.4 is 9.73 Å². The topological polar surface area (TPSA) is 116 Å². The van der Waals surface area contributed by atoms with E-state index in [4.69, 9.17) is 5.11 Å². The molecule has 0 radical (unpaired) electrons. The van der Waals surface area contributed by atoms with E-state index in [1.807, 2.05) is 6.92 Å². The van der Waals surface area contributed by atoms with Crippen LogP contribution in [0.1, 0.15) is 21.5 Å². The van der Waals surface area contributed by atoms with Crippen LogP contribution in [0.3, 0.4) is 0 Å². The Morgan fingerprint density at radius 2 is 1.61 bits per heavy atom. The Labute approximate surface area is 190 Å². The number of aryl methyl sites for hydroxylation is 1. The molecule has 3 rings (SSSR count). The van der Waals surface area contributed by atoms with Gasteiger partial charge in [0.25, 0.3) is 15.9 Å². The number of benzene rings is 3. The first kappa shape index (κ1) is 23.6. The fourth-order valence-corrected chi connectivity index (χ4v) is 4.24. The monoisotopic (exact) mass is 469 g/mol. The first-order valence-corrected chi connectivity index (χ1v) is 11.1. The van der Waals surface area contributed by atoms with Crippen molar-refractivity contribution in [3.8, 4) is 0 Å². The molecule has 0 spiro atoms. The zero-order valence-corrected chi connectivity index (χ0v) is 18.3. The van der Waals surface area contributed by atoms with Gasteiger partial charge < -0.3 is 5.11 Å². The molecule has 0 aliphatic carbocycles. The number of anilines is 1. The maximum atomic E-state index is 13.3. The largest absolute Gasteiger partial charge is 0.478 e. The van der Waals surface area contributed by atoms with E-state index in [0.717, 1.165) is 34.1 Å². The quantitative estimate of drug-likeness (QED) is 0.388. The van der Waals surface area contributed by atoms with Crippen LogP contribution in [0.4, 0.5) is 10.1 Å². The number of sulfonamides is 1. The van der Waals surface area contributed by atoms with Gasteiger partial charge in [0, 0.05) is 0 Å². The molecule has 1 amide bonds. The number of halogens is 1. The van der Waals surface area contributed by atoms with Gasteiger partial charge in [0.05, 0.1) is 22.4 Å². The van der Waals surface area contributed by atoms with Crippen LogP contribution in [0, 0.1) is 12.7 Å². The Hall–Kier alpha value is -4.05. The third kappa shape index (κ3) is 6.01. The molecule has 0 saturated heterocycles. The number of carbonyl (C=O) groups excluding carboxylic acids is 1. The van der Waals surface area contributed by atoms with E-state index in [0.29, 0.717) is 5.56 Å². The Balaban J connectivity index is 1.79. The van der Waals surface area contributed by atoms with Crippen LogP contribution >= 0.6 is 0 Å². The van der Waals surface area contributed by atoms with Gasteiger partial charge in [0.15, 0.2) is 0 Å². The number of carboxylic acids is 1. The number of nitrogens with one attached hydrogen (secondary N) is 1. The van der Waals surface area contributed by atoms with Crippen molar-refractivity contribution in [2.45, 2.75) is 11.8 Å². The van der Waals surface area contributed by atoms with Gasteiger partial charge in [-0.25, -0.2) is 23.0 Å². The standard InChI is InChI=1S/C23H20FN3O5S/c1-16-2-10-20(11-3-16)27(33(31,32)21-12-8-19(24)9-13-21)15-22(28)26-25-14-17-4-6-18(7-5-17)23(29)30/h2-14H,15H2,1H3,(H,26,28)(H,29,30)/b25-14+. The number of nitrogens with zero attached hydrogens (tertiary/aromatic N) is 2. The number of amides is 1. The first-order chi connectivity index (χ1) is 15.7. The van der Waals surface area contributed by atoms with E-state index in [1.54, 1.807) is 24.3 Å². The summed E-state index contributed by atoms with van der Waals surface area (Å²) in [5.41, 5.74) is 4.07. The van der Waals surface area contributed by atoms with Crippen molar-refractivity contribution in [1.82, 2.24) is 5.43 Å². The van der Waals surface area contributed by atoms with Crippen molar-refractivity contribution < 1.29 is 27.5 Å². The molecule has 0 aliphatic heterocycles. The average Bonchev–Trinajstić information content (AvgIpc) is 2.79. The van der Waals surface area contributed by atoms with Gasteiger partial charge in [0.2, 0.25) is 0 Å². The molecular weight excluding hydrogens is 449 g/mol. The summed E-state index contributed by atoms with van der Waals surface area (Å²) >= 11 is 0. The SMILES string of the molecule is Cc1ccc(N(CC(=O)N/N=C/c2ccc(C(=O)O)cc2)S(=O)(=O)c2ccc(F)cc2)cc1. The van der Waals surface area contributed by atoms with E-state index < -0.39 is 34.3 Å². The second kappa shape index (κ2) is 10.0. The van der Waals surface area contributed by atoms with Crippen LogP contribution in [-0.4, -0.2) is 38.2 Å². The fraction of sp³-hybridized carbons (Fsp3) is 0.0870.